The lowest BCUT2D eigenvalue weighted by Gasteiger charge is -2.20. The number of rotatable bonds is 8. The highest BCUT2D eigenvalue weighted by molar-refractivity contribution is 7.89. The van der Waals surface area contributed by atoms with E-state index in [9.17, 15) is 13.2 Å². The number of nitrogens with zero attached hydrogens (tertiary/aromatic N) is 3. The van der Waals surface area contributed by atoms with Crippen LogP contribution >= 0.6 is 0 Å². The zero-order chi connectivity index (χ0) is 24.5. The Kier molecular flexibility index (Phi) is 7.09. The quantitative estimate of drug-likeness (QED) is 0.526. The molecule has 1 heterocycles. The van der Waals surface area contributed by atoms with Crippen LogP contribution in [0.2, 0.25) is 0 Å². The second kappa shape index (κ2) is 9.88. The summed E-state index contributed by atoms with van der Waals surface area (Å²) in [5, 5.41) is 3.13. The summed E-state index contributed by atoms with van der Waals surface area (Å²) < 4.78 is 28.2. The minimum absolute atomic E-state index is 0.0178. The van der Waals surface area contributed by atoms with Crippen LogP contribution in [-0.4, -0.2) is 42.3 Å². The molecule has 0 aliphatic heterocycles. The first-order chi connectivity index (χ1) is 16.2. The minimum Gasteiger partial charge on any atom is -0.350 e. The van der Waals surface area contributed by atoms with E-state index in [1.165, 1.54) is 42.4 Å². The number of carbonyl (C=O) groups excluding carboxylic acids is 1. The Hall–Kier alpha value is -2.71. The summed E-state index contributed by atoms with van der Waals surface area (Å²) in [5.74, 6) is 0.768. The summed E-state index contributed by atoms with van der Waals surface area (Å²) >= 11 is 0. The van der Waals surface area contributed by atoms with Crippen molar-refractivity contribution < 1.29 is 13.2 Å². The predicted octanol–water partition coefficient (Wildman–Crippen LogP) is 4.00. The first-order valence-corrected chi connectivity index (χ1v) is 13.5. The number of hydrogen-bond donors (Lipinski definition) is 1. The molecule has 1 unspecified atom stereocenters. The van der Waals surface area contributed by atoms with Crippen LogP contribution in [0.4, 0.5) is 0 Å². The van der Waals surface area contributed by atoms with E-state index >= 15 is 0 Å². The summed E-state index contributed by atoms with van der Waals surface area (Å²) in [7, 11) is -0.504. The normalized spacial score (nSPS) is 14.9. The lowest BCUT2D eigenvalue weighted by molar-refractivity contribution is -0.121. The number of imidazole rings is 1. The maximum Gasteiger partial charge on any atom is 0.242 e. The molecule has 4 rings (SSSR count). The average molecular weight is 483 g/mol. The summed E-state index contributed by atoms with van der Waals surface area (Å²) in [4.78, 5) is 17.6. The van der Waals surface area contributed by atoms with Crippen LogP contribution in [0.25, 0.3) is 11.0 Å². The molecule has 0 radical (unpaired) electrons. The van der Waals surface area contributed by atoms with Gasteiger partial charge >= 0.3 is 0 Å². The van der Waals surface area contributed by atoms with E-state index in [1.807, 2.05) is 18.4 Å². The molecule has 0 saturated carbocycles. The van der Waals surface area contributed by atoms with Crippen molar-refractivity contribution >= 4 is 27.0 Å². The summed E-state index contributed by atoms with van der Waals surface area (Å²) in [6, 6.07) is 11.6. The van der Waals surface area contributed by atoms with Crippen LogP contribution in [0.5, 0.6) is 0 Å². The van der Waals surface area contributed by atoms with Gasteiger partial charge < -0.3 is 9.88 Å². The first-order valence-electron chi connectivity index (χ1n) is 12.0. The Morgan fingerprint density at radius 3 is 2.56 bits per heavy atom. The standard InChI is InChI=1S/C26H34N4O3S/c1-5-30-24-13-12-22(34(32,33)29(3)4)17-23(24)28-25(30)14-15-26(31)27-18(2)20-11-10-19-8-6-7-9-21(19)16-20/h10-13,16-18H,5-9,14-15H2,1-4H3,(H,27,31). The van der Waals surface area contributed by atoms with Crippen molar-refractivity contribution in [1.82, 2.24) is 19.2 Å². The molecule has 34 heavy (non-hydrogen) atoms. The topological polar surface area (TPSA) is 84.3 Å². The van der Waals surface area contributed by atoms with E-state index in [0.717, 1.165) is 29.7 Å². The van der Waals surface area contributed by atoms with E-state index < -0.39 is 10.0 Å². The van der Waals surface area contributed by atoms with Gasteiger partial charge in [-0.05, 0) is 74.4 Å². The van der Waals surface area contributed by atoms with Crippen molar-refractivity contribution in [2.45, 2.75) is 69.9 Å². The van der Waals surface area contributed by atoms with Gasteiger partial charge in [0.15, 0.2) is 0 Å². The van der Waals surface area contributed by atoms with Crippen LogP contribution in [0.3, 0.4) is 0 Å². The molecule has 1 N–H and O–H groups in total. The third-order valence-electron chi connectivity index (χ3n) is 6.72. The van der Waals surface area contributed by atoms with E-state index in [0.29, 0.717) is 24.9 Å². The highest BCUT2D eigenvalue weighted by atomic mass is 32.2. The van der Waals surface area contributed by atoms with Crippen LogP contribution in [-0.2, 0) is 40.6 Å². The van der Waals surface area contributed by atoms with Gasteiger partial charge in [0.25, 0.3) is 0 Å². The lowest BCUT2D eigenvalue weighted by atomic mass is 9.89. The van der Waals surface area contributed by atoms with Crippen LogP contribution in [0.15, 0.2) is 41.3 Å². The number of aromatic nitrogens is 2. The molecule has 1 aliphatic carbocycles. The number of benzene rings is 2. The monoisotopic (exact) mass is 482 g/mol. The zero-order valence-electron chi connectivity index (χ0n) is 20.5. The van der Waals surface area contributed by atoms with Crippen molar-refractivity contribution in [2.24, 2.45) is 0 Å². The fraction of sp³-hybridized carbons (Fsp3) is 0.462. The van der Waals surface area contributed by atoms with Crippen molar-refractivity contribution in [1.29, 1.82) is 0 Å². The molecule has 1 amide bonds. The van der Waals surface area contributed by atoms with Crippen LogP contribution < -0.4 is 5.32 Å². The van der Waals surface area contributed by atoms with Gasteiger partial charge in [0.2, 0.25) is 15.9 Å². The molecule has 0 spiro atoms. The van der Waals surface area contributed by atoms with Gasteiger partial charge in [-0.15, -0.1) is 0 Å². The van der Waals surface area contributed by atoms with Crippen LogP contribution in [0.1, 0.15) is 61.7 Å². The number of carbonyl (C=O) groups is 1. The molecule has 182 valence electrons. The Morgan fingerprint density at radius 2 is 1.85 bits per heavy atom. The molecular formula is C26H34N4O3S. The number of amides is 1. The van der Waals surface area contributed by atoms with Crippen LogP contribution in [0, 0.1) is 0 Å². The highest BCUT2D eigenvalue weighted by Crippen LogP contribution is 2.25. The second-order valence-corrected chi connectivity index (χ2v) is 11.4. The van der Waals surface area contributed by atoms with Gasteiger partial charge in [0.1, 0.15) is 5.82 Å². The summed E-state index contributed by atoms with van der Waals surface area (Å²) in [5.41, 5.74) is 5.50. The molecular weight excluding hydrogens is 448 g/mol. The Labute approximate surface area is 202 Å². The van der Waals surface area contributed by atoms with Gasteiger partial charge in [-0.3, -0.25) is 4.79 Å². The molecule has 0 fully saturated rings. The average Bonchev–Trinajstić information content (AvgIpc) is 3.19. The predicted molar refractivity (Wildman–Crippen MR) is 134 cm³/mol. The highest BCUT2D eigenvalue weighted by Gasteiger charge is 2.20. The smallest absolute Gasteiger partial charge is 0.242 e. The molecule has 1 atom stereocenters. The zero-order valence-corrected chi connectivity index (χ0v) is 21.3. The SMILES string of the molecule is CCn1c(CCC(=O)NC(C)c2ccc3c(c2)CCCC3)nc2cc(S(=O)(=O)N(C)C)ccc21. The maximum atomic E-state index is 12.7. The largest absolute Gasteiger partial charge is 0.350 e. The summed E-state index contributed by atoms with van der Waals surface area (Å²) in [6.07, 6.45) is 5.57. The molecule has 3 aromatic rings. The molecule has 0 bridgehead atoms. The third-order valence-corrected chi connectivity index (χ3v) is 8.53. The molecule has 1 aliphatic rings. The fourth-order valence-corrected chi connectivity index (χ4v) is 5.64. The number of fused-ring (bicyclic) bond motifs is 2. The van der Waals surface area contributed by atoms with E-state index in [-0.39, 0.29) is 16.8 Å². The molecule has 8 heteroatoms. The summed E-state index contributed by atoms with van der Waals surface area (Å²) in [6.45, 7) is 4.74. The number of hydrogen-bond acceptors (Lipinski definition) is 4. The Balaban J connectivity index is 1.45. The molecule has 7 nitrogen and oxygen atoms in total. The fourth-order valence-electron chi connectivity index (χ4n) is 4.72. The number of aryl methyl sites for hydroxylation is 4. The van der Waals surface area contributed by atoms with Gasteiger partial charge in [0, 0.05) is 33.5 Å². The Bertz CT molecular complexity index is 1310. The number of nitrogens with one attached hydrogen (secondary N) is 1. The van der Waals surface area contributed by atoms with E-state index in [4.69, 9.17) is 0 Å². The second-order valence-electron chi connectivity index (χ2n) is 9.23. The van der Waals surface area contributed by atoms with Gasteiger partial charge in [-0.1, -0.05) is 18.2 Å². The molecule has 1 aromatic heterocycles. The third kappa shape index (κ3) is 4.88. The van der Waals surface area contributed by atoms with Crippen molar-refractivity contribution in [3.63, 3.8) is 0 Å². The van der Waals surface area contributed by atoms with Gasteiger partial charge in [-0.25, -0.2) is 17.7 Å². The van der Waals surface area contributed by atoms with Crippen molar-refractivity contribution in [3.8, 4) is 0 Å². The molecule has 0 saturated heterocycles. The maximum absolute atomic E-state index is 12.7. The minimum atomic E-state index is -3.53. The molecule has 2 aromatic carbocycles. The van der Waals surface area contributed by atoms with E-state index in [2.05, 4.69) is 28.5 Å². The number of sulfonamides is 1. The first kappa shape index (κ1) is 24.4. The van der Waals surface area contributed by atoms with Gasteiger partial charge in [-0.2, -0.15) is 0 Å². The van der Waals surface area contributed by atoms with Crippen molar-refractivity contribution in [2.75, 3.05) is 14.1 Å². The van der Waals surface area contributed by atoms with E-state index in [1.54, 1.807) is 18.2 Å². The van der Waals surface area contributed by atoms with Gasteiger partial charge in [0.05, 0.1) is 22.0 Å². The Morgan fingerprint density at radius 1 is 1.12 bits per heavy atom. The lowest BCUT2D eigenvalue weighted by Crippen LogP contribution is -2.27. The van der Waals surface area contributed by atoms with Crippen molar-refractivity contribution in [3.05, 3.63) is 58.9 Å².